The lowest BCUT2D eigenvalue weighted by Gasteiger charge is -2.23. The van der Waals surface area contributed by atoms with Gasteiger partial charge in [-0.2, -0.15) is 0 Å². The number of carbonyl (C=O) groups excluding carboxylic acids is 1. The summed E-state index contributed by atoms with van der Waals surface area (Å²) < 4.78 is 5.42. The molecule has 1 amide bonds. The highest BCUT2D eigenvalue weighted by Gasteiger charge is 2.25. The third-order valence-electron chi connectivity index (χ3n) is 3.03. The van der Waals surface area contributed by atoms with Crippen LogP contribution >= 0.6 is 0 Å². The van der Waals surface area contributed by atoms with Gasteiger partial charge in [0, 0.05) is 20.1 Å². The Labute approximate surface area is 121 Å². The number of nitrogens with one attached hydrogen (secondary N) is 2. The summed E-state index contributed by atoms with van der Waals surface area (Å²) in [7, 11) is 1.66. The summed E-state index contributed by atoms with van der Waals surface area (Å²) in [6.07, 6.45) is 1.72. The average molecular weight is 276 g/mol. The Morgan fingerprint density at radius 3 is 2.55 bits per heavy atom. The van der Waals surface area contributed by atoms with Crippen LogP contribution in [0.5, 0.6) is 5.75 Å². The second kappa shape index (κ2) is 7.70. The van der Waals surface area contributed by atoms with Crippen molar-refractivity contribution < 1.29 is 9.53 Å². The lowest BCUT2D eigenvalue weighted by Crippen LogP contribution is -2.41. The molecule has 0 radical (unpaired) electrons. The van der Waals surface area contributed by atoms with Gasteiger partial charge >= 0.3 is 0 Å². The molecule has 0 heterocycles. The van der Waals surface area contributed by atoms with E-state index in [4.69, 9.17) is 4.74 Å². The highest BCUT2D eigenvalue weighted by atomic mass is 16.5. The molecule has 0 saturated heterocycles. The van der Waals surface area contributed by atoms with E-state index in [2.05, 4.69) is 17.2 Å². The van der Waals surface area contributed by atoms with Gasteiger partial charge in [-0.25, -0.2) is 0 Å². The summed E-state index contributed by atoms with van der Waals surface area (Å²) in [5, 5.41) is 5.98. The molecule has 0 aliphatic carbocycles. The number of amides is 1. The second-order valence-electron chi connectivity index (χ2n) is 5.31. The molecular formula is C16H24N2O2. The smallest absolute Gasteiger partial charge is 0.226 e. The van der Waals surface area contributed by atoms with Gasteiger partial charge in [-0.15, -0.1) is 0 Å². The van der Waals surface area contributed by atoms with Crippen LogP contribution in [0.15, 0.2) is 36.9 Å². The largest absolute Gasteiger partial charge is 0.490 e. The SMILES string of the molecule is C=CCOc1ccc(CNCC(C)(C)C(=O)NC)cc1. The molecule has 1 aromatic carbocycles. The molecule has 0 aliphatic heterocycles. The molecule has 0 aromatic heterocycles. The van der Waals surface area contributed by atoms with Crippen molar-refractivity contribution in [2.45, 2.75) is 20.4 Å². The fraction of sp³-hybridized carbons (Fsp3) is 0.438. The van der Waals surface area contributed by atoms with E-state index in [1.165, 1.54) is 0 Å². The maximum Gasteiger partial charge on any atom is 0.226 e. The van der Waals surface area contributed by atoms with E-state index in [-0.39, 0.29) is 5.91 Å². The van der Waals surface area contributed by atoms with Crippen molar-refractivity contribution in [3.05, 3.63) is 42.5 Å². The van der Waals surface area contributed by atoms with E-state index in [9.17, 15) is 4.79 Å². The Balaban J connectivity index is 2.42. The summed E-state index contributed by atoms with van der Waals surface area (Å²) in [6.45, 7) is 9.32. The standard InChI is InChI=1S/C16H24N2O2/c1-5-10-20-14-8-6-13(7-9-14)11-18-12-16(2,3)15(19)17-4/h5-9,18H,1,10-12H2,2-4H3,(H,17,19). The molecule has 0 atom stereocenters. The number of benzene rings is 1. The molecule has 1 rings (SSSR count). The van der Waals surface area contributed by atoms with Crippen LogP contribution in [0.25, 0.3) is 0 Å². The van der Waals surface area contributed by atoms with E-state index in [0.717, 1.165) is 17.9 Å². The van der Waals surface area contributed by atoms with Crippen molar-refractivity contribution >= 4 is 5.91 Å². The minimum absolute atomic E-state index is 0.0400. The van der Waals surface area contributed by atoms with Crippen LogP contribution in [0.4, 0.5) is 0 Å². The maximum absolute atomic E-state index is 11.6. The minimum Gasteiger partial charge on any atom is -0.490 e. The number of rotatable bonds is 8. The molecule has 0 saturated carbocycles. The molecule has 0 unspecified atom stereocenters. The molecule has 4 nitrogen and oxygen atoms in total. The van der Waals surface area contributed by atoms with Crippen molar-refractivity contribution in [2.75, 3.05) is 20.2 Å². The molecule has 2 N–H and O–H groups in total. The van der Waals surface area contributed by atoms with E-state index in [0.29, 0.717) is 13.2 Å². The Kier molecular flexibility index (Phi) is 6.25. The number of hydrogen-bond acceptors (Lipinski definition) is 3. The zero-order valence-electron chi connectivity index (χ0n) is 12.5. The summed E-state index contributed by atoms with van der Waals surface area (Å²) in [4.78, 5) is 11.6. The van der Waals surface area contributed by atoms with Crippen molar-refractivity contribution in [1.82, 2.24) is 10.6 Å². The van der Waals surface area contributed by atoms with Gasteiger partial charge in [0.25, 0.3) is 0 Å². The van der Waals surface area contributed by atoms with Crippen LogP contribution in [0.1, 0.15) is 19.4 Å². The van der Waals surface area contributed by atoms with Gasteiger partial charge in [0.05, 0.1) is 5.41 Å². The van der Waals surface area contributed by atoms with E-state index >= 15 is 0 Å². The van der Waals surface area contributed by atoms with Gasteiger partial charge in [-0.1, -0.05) is 24.8 Å². The molecular weight excluding hydrogens is 252 g/mol. The van der Waals surface area contributed by atoms with Crippen LogP contribution in [-0.4, -0.2) is 26.1 Å². The quantitative estimate of drug-likeness (QED) is 0.715. The topological polar surface area (TPSA) is 50.4 Å². The molecule has 0 spiro atoms. The van der Waals surface area contributed by atoms with Crippen LogP contribution in [0.3, 0.4) is 0 Å². The average Bonchev–Trinajstić information content (AvgIpc) is 2.45. The summed E-state index contributed by atoms with van der Waals surface area (Å²) >= 11 is 0. The van der Waals surface area contributed by atoms with Crippen LogP contribution in [-0.2, 0) is 11.3 Å². The summed E-state index contributed by atoms with van der Waals surface area (Å²) in [5.41, 5.74) is 0.741. The number of ether oxygens (including phenoxy) is 1. The van der Waals surface area contributed by atoms with Gasteiger partial charge in [0.15, 0.2) is 0 Å². The highest BCUT2D eigenvalue weighted by Crippen LogP contribution is 2.15. The van der Waals surface area contributed by atoms with Gasteiger partial charge in [0.2, 0.25) is 5.91 Å². The van der Waals surface area contributed by atoms with Crippen LogP contribution < -0.4 is 15.4 Å². The van der Waals surface area contributed by atoms with Crippen molar-refractivity contribution in [1.29, 1.82) is 0 Å². The molecule has 0 aliphatic rings. The lowest BCUT2D eigenvalue weighted by atomic mass is 9.92. The Hall–Kier alpha value is -1.81. The van der Waals surface area contributed by atoms with Gasteiger partial charge in [0.1, 0.15) is 12.4 Å². The molecule has 20 heavy (non-hydrogen) atoms. The van der Waals surface area contributed by atoms with Gasteiger partial charge < -0.3 is 15.4 Å². The number of hydrogen-bond donors (Lipinski definition) is 2. The third kappa shape index (κ3) is 5.05. The minimum atomic E-state index is -0.415. The first-order valence-electron chi connectivity index (χ1n) is 6.75. The Morgan fingerprint density at radius 1 is 1.35 bits per heavy atom. The lowest BCUT2D eigenvalue weighted by molar-refractivity contribution is -0.128. The first-order valence-corrected chi connectivity index (χ1v) is 6.75. The van der Waals surface area contributed by atoms with Crippen molar-refractivity contribution in [3.8, 4) is 5.75 Å². The Morgan fingerprint density at radius 2 is 2.00 bits per heavy atom. The summed E-state index contributed by atoms with van der Waals surface area (Å²) in [5.74, 6) is 0.873. The zero-order valence-corrected chi connectivity index (χ0v) is 12.5. The van der Waals surface area contributed by atoms with E-state index in [1.54, 1.807) is 13.1 Å². The first kappa shape index (κ1) is 16.2. The third-order valence-corrected chi connectivity index (χ3v) is 3.03. The monoisotopic (exact) mass is 276 g/mol. The second-order valence-corrected chi connectivity index (χ2v) is 5.31. The predicted molar refractivity (Wildman–Crippen MR) is 81.7 cm³/mol. The molecule has 4 heteroatoms. The van der Waals surface area contributed by atoms with Gasteiger partial charge in [-0.05, 0) is 31.5 Å². The van der Waals surface area contributed by atoms with Crippen molar-refractivity contribution in [3.63, 3.8) is 0 Å². The molecule has 0 bridgehead atoms. The molecule has 0 fully saturated rings. The highest BCUT2D eigenvalue weighted by molar-refractivity contribution is 5.81. The molecule has 110 valence electrons. The fourth-order valence-corrected chi connectivity index (χ4v) is 1.80. The van der Waals surface area contributed by atoms with E-state index in [1.807, 2.05) is 38.1 Å². The van der Waals surface area contributed by atoms with Gasteiger partial charge in [-0.3, -0.25) is 4.79 Å². The zero-order chi connectivity index (χ0) is 15.0. The summed E-state index contributed by atoms with van der Waals surface area (Å²) in [6, 6.07) is 7.89. The van der Waals surface area contributed by atoms with Crippen LogP contribution in [0, 0.1) is 5.41 Å². The Bertz CT molecular complexity index is 438. The van der Waals surface area contributed by atoms with Crippen LogP contribution in [0.2, 0.25) is 0 Å². The molecule has 1 aromatic rings. The fourth-order valence-electron chi connectivity index (χ4n) is 1.80. The predicted octanol–water partition coefficient (Wildman–Crippen LogP) is 2.11. The normalized spacial score (nSPS) is 10.9. The van der Waals surface area contributed by atoms with Crippen molar-refractivity contribution in [2.24, 2.45) is 5.41 Å². The van der Waals surface area contributed by atoms with E-state index < -0.39 is 5.41 Å². The number of carbonyl (C=O) groups is 1. The maximum atomic E-state index is 11.6. The first-order chi connectivity index (χ1) is 9.49.